The van der Waals surface area contributed by atoms with E-state index in [1.165, 1.54) is 18.1 Å². The van der Waals surface area contributed by atoms with Gasteiger partial charge in [0, 0.05) is 23.6 Å². The molecule has 0 fully saturated rings. The summed E-state index contributed by atoms with van der Waals surface area (Å²) >= 11 is 0. The summed E-state index contributed by atoms with van der Waals surface area (Å²) in [6.07, 6.45) is 3.06. The highest BCUT2D eigenvalue weighted by Crippen LogP contribution is 2.25. The molecule has 1 aromatic heterocycles. The van der Waals surface area contributed by atoms with Crippen molar-refractivity contribution in [1.82, 2.24) is 4.57 Å². The lowest BCUT2D eigenvalue weighted by molar-refractivity contribution is 0.0695. The largest absolute Gasteiger partial charge is 0.497 e. The third-order valence-electron chi connectivity index (χ3n) is 4.14. The number of methoxy groups -OCH3 is 1. The quantitative estimate of drug-likeness (QED) is 0.776. The molecule has 1 heterocycles. The van der Waals surface area contributed by atoms with Gasteiger partial charge in [-0.3, -0.25) is 0 Å². The Morgan fingerprint density at radius 3 is 2.65 bits per heavy atom. The van der Waals surface area contributed by atoms with E-state index in [1.54, 1.807) is 12.1 Å². The van der Waals surface area contributed by atoms with Gasteiger partial charge < -0.3 is 14.4 Å². The van der Waals surface area contributed by atoms with E-state index in [0.717, 1.165) is 17.5 Å². The van der Waals surface area contributed by atoms with E-state index >= 15 is 0 Å². The minimum absolute atomic E-state index is 0.278. The zero-order valence-corrected chi connectivity index (χ0v) is 13.2. The zero-order chi connectivity index (χ0) is 16.4. The second-order valence-electron chi connectivity index (χ2n) is 5.48. The Bertz CT molecular complexity index is 864. The lowest BCUT2D eigenvalue weighted by atomic mass is 10.1. The Hall–Kier alpha value is -2.75. The van der Waals surface area contributed by atoms with E-state index in [0.29, 0.717) is 12.3 Å². The van der Waals surface area contributed by atoms with Crippen molar-refractivity contribution in [1.29, 1.82) is 0 Å². The Balaban J connectivity index is 2.07. The molecule has 0 radical (unpaired) electrons. The van der Waals surface area contributed by atoms with Gasteiger partial charge in [0.15, 0.2) is 0 Å². The molecule has 0 unspecified atom stereocenters. The predicted octanol–water partition coefficient (Wildman–Crippen LogP) is 3.96. The van der Waals surface area contributed by atoms with Crippen LogP contribution in [0.2, 0.25) is 0 Å². The van der Waals surface area contributed by atoms with Crippen LogP contribution in [-0.4, -0.2) is 22.8 Å². The lowest BCUT2D eigenvalue weighted by Gasteiger charge is -2.10. The number of carboxylic acid groups (broad SMARTS) is 1. The van der Waals surface area contributed by atoms with Crippen LogP contribution in [0.4, 0.5) is 0 Å². The molecular weight excluding hydrogens is 290 g/mol. The summed E-state index contributed by atoms with van der Waals surface area (Å²) in [7, 11) is 1.54. The maximum absolute atomic E-state index is 11.5. The molecule has 0 amide bonds. The van der Waals surface area contributed by atoms with Crippen molar-refractivity contribution in [3.8, 4) is 5.75 Å². The third kappa shape index (κ3) is 2.80. The molecule has 2 aromatic carbocycles. The summed E-state index contributed by atoms with van der Waals surface area (Å²) < 4.78 is 7.25. The molecule has 4 heteroatoms. The number of aromatic carboxylic acids is 1. The highest BCUT2D eigenvalue weighted by Gasteiger charge is 2.14. The first-order valence-corrected chi connectivity index (χ1v) is 7.61. The van der Waals surface area contributed by atoms with Gasteiger partial charge in [0.05, 0.1) is 12.7 Å². The fraction of sp³-hybridized carbons (Fsp3) is 0.211. The van der Waals surface area contributed by atoms with Gasteiger partial charge in [-0.25, -0.2) is 4.79 Å². The monoisotopic (exact) mass is 309 g/mol. The van der Waals surface area contributed by atoms with Crippen LogP contribution in [0.3, 0.4) is 0 Å². The van der Waals surface area contributed by atoms with Gasteiger partial charge in [-0.1, -0.05) is 31.2 Å². The number of carboxylic acids is 1. The van der Waals surface area contributed by atoms with E-state index in [2.05, 4.69) is 29.8 Å². The minimum Gasteiger partial charge on any atom is -0.497 e. The van der Waals surface area contributed by atoms with Crippen LogP contribution in [0.25, 0.3) is 10.9 Å². The maximum Gasteiger partial charge on any atom is 0.336 e. The molecule has 118 valence electrons. The molecule has 0 atom stereocenters. The van der Waals surface area contributed by atoms with Crippen LogP contribution < -0.4 is 4.74 Å². The molecule has 3 rings (SSSR count). The summed E-state index contributed by atoms with van der Waals surface area (Å²) in [6.45, 7) is 2.65. The number of hydrogen-bond acceptors (Lipinski definition) is 2. The molecule has 0 saturated heterocycles. The van der Waals surface area contributed by atoms with Crippen molar-refractivity contribution in [2.75, 3.05) is 7.11 Å². The first kappa shape index (κ1) is 15.2. The molecule has 0 saturated carbocycles. The topological polar surface area (TPSA) is 51.5 Å². The zero-order valence-electron chi connectivity index (χ0n) is 13.2. The Morgan fingerprint density at radius 2 is 1.96 bits per heavy atom. The molecular formula is C19H19NO3. The molecule has 3 aromatic rings. The Morgan fingerprint density at radius 1 is 1.17 bits per heavy atom. The molecule has 4 nitrogen and oxygen atoms in total. The average Bonchev–Trinajstić information content (AvgIpc) is 2.93. The molecule has 0 aliphatic rings. The van der Waals surface area contributed by atoms with E-state index in [-0.39, 0.29) is 5.56 Å². The van der Waals surface area contributed by atoms with Crippen LogP contribution >= 0.6 is 0 Å². The van der Waals surface area contributed by atoms with Gasteiger partial charge in [0.2, 0.25) is 0 Å². The number of carbonyl (C=O) groups is 1. The fourth-order valence-corrected chi connectivity index (χ4v) is 2.94. The molecule has 0 spiro atoms. The normalized spacial score (nSPS) is 10.9. The number of aromatic nitrogens is 1. The van der Waals surface area contributed by atoms with Gasteiger partial charge in [0.1, 0.15) is 5.75 Å². The number of nitrogens with zero attached hydrogens (tertiary/aromatic N) is 1. The first-order chi connectivity index (χ1) is 11.1. The van der Waals surface area contributed by atoms with Crippen molar-refractivity contribution in [3.63, 3.8) is 0 Å². The van der Waals surface area contributed by atoms with E-state index in [4.69, 9.17) is 4.74 Å². The number of para-hydroxylation sites is 1. The molecule has 1 N–H and O–H groups in total. The van der Waals surface area contributed by atoms with Gasteiger partial charge in [0.25, 0.3) is 0 Å². The summed E-state index contributed by atoms with van der Waals surface area (Å²) in [5, 5.41) is 10.7. The van der Waals surface area contributed by atoms with Crippen molar-refractivity contribution < 1.29 is 14.6 Å². The second kappa shape index (κ2) is 6.16. The van der Waals surface area contributed by atoms with Crippen molar-refractivity contribution in [2.24, 2.45) is 0 Å². The molecule has 23 heavy (non-hydrogen) atoms. The first-order valence-electron chi connectivity index (χ1n) is 7.61. The number of fused-ring (bicyclic) bond motifs is 1. The van der Waals surface area contributed by atoms with Crippen molar-refractivity contribution in [2.45, 2.75) is 19.9 Å². The Labute approximate surface area is 134 Å². The molecule has 0 aliphatic heterocycles. The van der Waals surface area contributed by atoms with Crippen LogP contribution in [0, 0.1) is 0 Å². The van der Waals surface area contributed by atoms with Crippen molar-refractivity contribution >= 4 is 16.9 Å². The molecule has 0 bridgehead atoms. The SMILES string of the molecule is CCc1cn(Cc2ccc(OC)cc2C(=O)O)c2ccccc12. The Kier molecular flexibility index (Phi) is 4.06. The number of benzene rings is 2. The smallest absolute Gasteiger partial charge is 0.336 e. The average molecular weight is 309 g/mol. The fourth-order valence-electron chi connectivity index (χ4n) is 2.94. The number of aryl methyl sites for hydroxylation is 1. The number of rotatable bonds is 5. The van der Waals surface area contributed by atoms with Crippen LogP contribution in [0.5, 0.6) is 5.75 Å². The maximum atomic E-state index is 11.5. The van der Waals surface area contributed by atoms with Gasteiger partial charge in [-0.05, 0) is 35.7 Å². The van der Waals surface area contributed by atoms with E-state index in [9.17, 15) is 9.90 Å². The van der Waals surface area contributed by atoms with Crippen LogP contribution in [0.15, 0.2) is 48.7 Å². The lowest BCUT2D eigenvalue weighted by Crippen LogP contribution is -2.07. The summed E-state index contributed by atoms with van der Waals surface area (Å²) in [4.78, 5) is 11.5. The third-order valence-corrected chi connectivity index (χ3v) is 4.14. The number of hydrogen-bond donors (Lipinski definition) is 1. The standard InChI is InChI=1S/C19H19NO3/c1-3-13-11-20(18-7-5-4-6-16(13)18)12-14-8-9-15(23-2)10-17(14)19(21)22/h4-11H,3,12H2,1-2H3,(H,21,22). The van der Waals surface area contributed by atoms with Gasteiger partial charge in [-0.2, -0.15) is 0 Å². The second-order valence-corrected chi connectivity index (χ2v) is 5.48. The summed E-state index contributed by atoms with van der Waals surface area (Å²) in [6, 6.07) is 13.4. The number of ether oxygens (including phenoxy) is 1. The highest BCUT2D eigenvalue weighted by atomic mass is 16.5. The van der Waals surface area contributed by atoms with Crippen LogP contribution in [-0.2, 0) is 13.0 Å². The van der Waals surface area contributed by atoms with Gasteiger partial charge >= 0.3 is 5.97 Å². The minimum atomic E-state index is -0.939. The van der Waals surface area contributed by atoms with Gasteiger partial charge in [-0.15, -0.1) is 0 Å². The van der Waals surface area contributed by atoms with Crippen LogP contribution in [0.1, 0.15) is 28.4 Å². The predicted molar refractivity (Wildman–Crippen MR) is 90.4 cm³/mol. The summed E-state index contributed by atoms with van der Waals surface area (Å²) in [5.41, 5.74) is 3.43. The summed E-state index contributed by atoms with van der Waals surface area (Å²) in [5.74, 6) is -0.385. The highest BCUT2D eigenvalue weighted by molar-refractivity contribution is 5.90. The van der Waals surface area contributed by atoms with E-state index < -0.39 is 5.97 Å². The molecule has 0 aliphatic carbocycles. The van der Waals surface area contributed by atoms with Crippen molar-refractivity contribution in [3.05, 3.63) is 65.4 Å². The van der Waals surface area contributed by atoms with E-state index in [1.807, 2.05) is 18.2 Å².